The van der Waals surface area contributed by atoms with Gasteiger partial charge in [0, 0.05) is 44.9 Å². The van der Waals surface area contributed by atoms with E-state index in [0.29, 0.717) is 5.89 Å². The molecule has 0 amide bonds. The van der Waals surface area contributed by atoms with Gasteiger partial charge in [-0.1, -0.05) is 109 Å². The average Bonchev–Trinajstić information content (AvgIpc) is 3.77. The van der Waals surface area contributed by atoms with Crippen LogP contribution in [0.3, 0.4) is 0 Å². The molecular formula is C45H28N2O2. The van der Waals surface area contributed by atoms with E-state index in [9.17, 15) is 0 Å². The zero-order valence-corrected chi connectivity index (χ0v) is 26.4. The first-order valence-electron chi connectivity index (χ1n) is 16.5. The Bertz CT molecular complexity index is 2850. The summed E-state index contributed by atoms with van der Waals surface area (Å²) in [6.45, 7) is 0. The van der Waals surface area contributed by atoms with E-state index < -0.39 is 0 Å². The van der Waals surface area contributed by atoms with Gasteiger partial charge in [-0.15, -0.1) is 0 Å². The van der Waals surface area contributed by atoms with E-state index >= 15 is 0 Å². The SMILES string of the molecule is c1ccc(-c2cccc(N(c3ccc4ccccc4c3)c3ccc4c(c3)oc3cccc(-c5nc6ccc7ccccc7c6o5)c34)c2)cc1. The molecule has 4 heteroatoms. The number of fused-ring (bicyclic) bond motifs is 7. The van der Waals surface area contributed by atoms with Crippen molar-refractivity contribution in [3.05, 3.63) is 170 Å². The maximum absolute atomic E-state index is 6.59. The normalized spacial score (nSPS) is 11.7. The van der Waals surface area contributed by atoms with Gasteiger partial charge in [0.15, 0.2) is 5.58 Å². The van der Waals surface area contributed by atoms with Gasteiger partial charge >= 0.3 is 0 Å². The van der Waals surface area contributed by atoms with E-state index in [1.165, 1.54) is 16.3 Å². The lowest BCUT2D eigenvalue weighted by molar-refractivity contribution is 0.623. The van der Waals surface area contributed by atoms with Crippen molar-refractivity contribution >= 4 is 71.6 Å². The van der Waals surface area contributed by atoms with Crippen molar-refractivity contribution in [1.29, 1.82) is 0 Å². The van der Waals surface area contributed by atoms with Gasteiger partial charge in [0.25, 0.3) is 0 Å². The molecule has 10 aromatic rings. The van der Waals surface area contributed by atoms with Crippen molar-refractivity contribution in [1.82, 2.24) is 4.98 Å². The minimum absolute atomic E-state index is 0.583. The Morgan fingerprint density at radius 1 is 0.429 bits per heavy atom. The Morgan fingerprint density at radius 2 is 1.14 bits per heavy atom. The predicted molar refractivity (Wildman–Crippen MR) is 202 cm³/mol. The van der Waals surface area contributed by atoms with Gasteiger partial charge in [-0.05, 0) is 81.9 Å². The van der Waals surface area contributed by atoms with Crippen LogP contribution in [0.15, 0.2) is 179 Å². The van der Waals surface area contributed by atoms with Crippen molar-refractivity contribution in [3.8, 4) is 22.6 Å². The second-order valence-electron chi connectivity index (χ2n) is 12.4. The minimum atomic E-state index is 0.583. The van der Waals surface area contributed by atoms with E-state index in [1.54, 1.807) is 0 Å². The van der Waals surface area contributed by atoms with Crippen LogP contribution in [0, 0.1) is 0 Å². The molecule has 0 bridgehead atoms. The first kappa shape index (κ1) is 27.5. The monoisotopic (exact) mass is 628 g/mol. The summed E-state index contributed by atoms with van der Waals surface area (Å²) < 4.78 is 13.1. The summed E-state index contributed by atoms with van der Waals surface area (Å²) in [5.41, 5.74) is 9.60. The first-order valence-corrected chi connectivity index (χ1v) is 16.5. The fourth-order valence-electron chi connectivity index (χ4n) is 7.12. The summed E-state index contributed by atoms with van der Waals surface area (Å²) in [4.78, 5) is 7.24. The van der Waals surface area contributed by atoms with Gasteiger partial charge < -0.3 is 13.7 Å². The van der Waals surface area contributed by atoms with Crippen LogP contribution in [0.2, 0.25) is 0 Å². The summed E-state index contributed by atoms with van der Waals surface area (Å²) >= 11 is 0. The molecule has 8 aromatic carbocycles. The third-order valence-electron chi connectivity index (χ3n) is 9.45. The predicted octanol–water partition coefficient (Wildman–Crippen LogP) is 12.8. The third-order valence-corrected chi connectivity index (χ3v) is 9.45. The fraction of sp³-hybridized carbons (Fsp3) is 0. The Hall–Kier alpha value is -6.65. The maximum Gasteiger partial charge on any atom is 0.228 e. The molecule has 230 valence electrons. The highest BCUT2D eigenvalue weighted by Gasteiger charge is 2.20. The molecule has 2 aromatic heterocycles. The van der Waals surface area contributed by atoms with Gasteiger partial charge in [-0.3, -0.25) is 0 Å². The Labute approximate surface area is 282 Å². The summed E-state index contributed by atoms with van der Waals surface area (Å²) in [5.74, 6) is 0.583. The fourth-order valence-corrected chi connectivity index (χ4v) is 7.12. The number of aromatic nitrogens is 1. The van der Waals surface area contributed by atoms with E-state index in [2.05, 4.69) is 144 Å². The van der Waals surface area contributed by atoms with Gasteiger partial charge in [0.1, 0.15) is 16.7 Å². The topological polar surface area (TPSA) is 42.4 Å². The number of oxazole rings is 1. The second kappa shape index (κ2) is 11.0. The highest BCUT2D eigenvalue weighted by atomic mass is 16.3. The molecule has 2 heterocycles. The van der Waals surface area contributed by atoms with Crippen LogP contribution < -0.4 is 4.90 Å². The van der Waals surface area contributed by atoms with Crippen molar-refractivity contribution in [2.45, 2.75) is 0 Å². The molecule has 0 radical (unpaired) electrons. The third kappa shape index (κ3) is 4.57. The molecule has 0 aliphatic heterocycles. The number of hydrogen-bond donors (Lipinski definition) is 0. The summed E-state index contributed by atoms with van der Waals surface area (Å²) in [6.07, 6.45) is 0. The largest absolute Gasteiger partial charge is 0.456 e. The summed E-state index contributed by atoms with van der Waals surface area (Å²) in [5, 5.41) is 6.57. The Kier molecular flexibility index (Phi) is 6.15. The van der Waals surface area contributed by atoms with Gasteiger partial charge in [-0.25, -0.2) is 4.98 Å². The number of furan rings is 1. The molecule has 49 heavy (non-hydrogen) atoms. The zero-order valence-electron chi connectivity index (χ0n) is 26.4. The molecule has 4 nitrogen and oxygen atoms in total. The van der Waals surface area contributed by atoms with Gasteiger partial charge in [-0.2, -0.15) is 0 Å². The molecule has 0 N–H and O–H groups in total. The highest BCUT2D eigenvalue weighted by molar-refractivity contribution is 6.13. The first-order chi connectivity index (χ1) is 24.3. The number of nitrogens with zero attached hydrogens (tertiary/aromatic N) is 2. The van der Waals surface area contributed by atoms with Crippen LogP contribution in [-0.4, -0.2) is 4.98 Å². The van der Waals surface area contributed by atoms with Crippen LogP contribution in [-0.2, 0) is 0 Å². The van der Waals surface area contributed by atoms with Gasteiger partial charge in [0.2, 0.25) is 5.89 Å². The lowest BCUT2D eigenvalue weighted by Gasteiger charge is -2.26. The quantitative estimate of drug-likeness (QED) is 0.190. The van der Waals surface area contributed by atoms with Crippen LogP contribution in [0.5, 0.6) is 0 Å². The van der Waals surface area contributed by atoms with Crippen LogP contribution in [0.25, 0.3) is 77.2 Å². The van der Waals surface area contributed by atoms with Crippen molar-refractivity contribution in [2.75, 3.05) is 4.90 Å². The average molecular weight is 629 g/mol. The highest BCUT2D eigenvalue weighted by Crippen LogP contribution is 2.43. The smallest absolute Gasteiger partial charge is 0.228 e. The molecule has 0 saturated carbocycles. The van der Waals surface area contributed by atoms with E-state index in [0.717, 1.165) is 72.0 Å². The second-order valence-corrected chi connectivity index (χ2v) is 12.4. The molecule has 0 unspecified atom stereocenters. The number of benzene rings is 8. The molecule has 0 spiro atoms. The summed E-state index contributed by atoms with van der Waals surface area (Å²) in [7, 11) is 0. The molecule has 0 aliphatic rings. The van der Waals surface area contributed by atoms with Crippen LogP contribution in [0.1, 0.15) is 0 Å². The molecule has 0 fully saturated rings. The summed E-state index contributed by atoms with van der Waals surface area (Å²) in [6, 6.07) is 59.3. The van der Waals surface area contributed by atoms with E-state index in [4.69, 9.17) is 13.8 Å². The lowest BCUT2D eigenvalue weighted by atomic mass is 10.0. The standard InChI is InChI=1S/C45H28N2O2/c1-2-10-29(11-3-1)33-15-8-16-34(26-33)47(35-22-20-30-12-4-5-14-32(30)27-35)36-23-24-38-42(28-36)48-41-19-9-18-39(43(38)41)45-46-40-25-21-31-13-6-7-17-37(31)44(40)49-45/h1-28H. The zero-order chi connectivity index (χ0) is 32.3. The van der Waals surface area contributed by atoms with Crippen molar-refractivity contribution in [3.63, 3.8) is 0 Å². The number of hydrogen-bond acceptors (Lipinski definition) is 4. The van der Waals surface area contributed by atoms with Crippen LogP contribution >= 0.6 is 0 Å². The molecule has 0 atom stereocenters. The minimum Gasteiger partial charge on any atom is -0.456 e. The molecule has 10 rings (SSSR count). The van der Waals surface area contributed by atoms with Crippen molar-refractivity contribution in [2.24, 2.45) is 0 Å². The lowest BCUT2D eigenvalue weighted by Crippen LogP contribution is -2.10. The van der Waals surface area contributed by atoms with Gasteiger partial charge in [0.05, 0.1) is 0 Å². The molecule has 0 saturated heterocycles. The van der Waals surface area contributed by atoms with E-state index in [-0.39, 0.29) is 0 Å². The molecular weight excluding hydrogens is 601 g/mol. The molecule has 0 aliphatic carbocycles. The van der Waals surface area contributed by atoms with E-state index in [1.807, 2.05) is 30.3 Å². The number of anilines is 3. The maximum atomic E-state index is 6.59. The van der Waals surface area contributed by atoms with Crippen LogP contribution in [0.4, 0.5) is 17.1 Å². The number of rotatable bonds is 5. The Balaban J connectivity index is 1.15. The van der Waals surface area contributed by atoms with Crippen molar-refractivity contribution < 1.29 is 8.83 Å². The Morgan fingerprint density at radius 3 is 2.06 bits per heavy atom.